The maximum Gasteiger partial charge on any atom is 0.297 e. The highest BCUT2D eigenvalue weighted by Gasteiger charge is 2.19. The Bertz CT molecular complexity index is 587. The smallest absolute Gasteiger partial charge is 0.282 e. The molecular formula is C7H4N2O6S. The predicted molar refractivity (Wildman–Crippen MR) is 50.7 cm³/mol. The zero-order valence-electron chi connectivity index (χ0n) is 7.52. The predicted octanol–water partition coefficient (Wildman–Crippen LogP) is 0.809. The summed E-state index contributed by atoms with van der Waals surface area (Å²) in [6, 6.07) is 2.41. The zero-order chi connectivity index (χ0) is 12.3. The Kier molecular flexibility index (Phi) is 3.14. The molecule has 0 amide bonds. The van der Waals surface area contributed by atoms with Gasteiger partial charge in [-0.25, -0.2) is 4.79 Å². The Hall–Kier alpha value is -2.09. The lowest BCUT2D eigenvalue weighted by Gasteiger charge is -1.98. The van der Waals surface area contributed by atoms with Crippen molar-refractivity contribution in [1.82, 2.24) is 0 Å². The molecule has 1 N–H and O–H groups in total. The van der Waals surface area contributed by atoms with Gasteiger partial charge in [-0.15, -0.1) is 0 Å². The maximum absolute atomic E-state index is 10.7. The van der Waals surface area contributed by atoms with E-state index in [0.29, 0.717) is 6.07 Å². The van der Waals surface area contributed by atoms with Gasteiger partial charge in [0.2, 0.25) is 6.08 Å². The van der Waals surface area contributed by atoms with Crippen molar-refractivity contribution in [2.24, 2.45) is 4.99 Å². The third-order valence-electron chi connectivity index (χ3n) is 1.61. The van der Waals surface area contributed by atoms with Crippen molar-refractivity contribution in [3.63, 3.8) is 0 Å². The SMILES string of the molecule is O=C=Nc1ccc(S(=O)(=O)O)cc1[N+](=O)[O-]. The Labute approximate surface area is 89.1 Å². The van der Waals surface area contributed by atoms with E-state index in [2.05, 4.69) is 4.99 Å². The van der Waals surface area contributed by atoms with Crippen LogP contribution in [-0.2, 0) is 14.9 Å². The minimum absolute atomic E-state index is 0.340. The molecule has 0 atom stereocenters. The minimum Gasteiger partial charge on any atom is -0.282 e. The Balaban J connectivity index is 3.51. The molecule has 0 fully saturated rings. The van der Waals surface area contributed by atoms with Crippen LogP contribution in [0.4, 0.5) is 11.4 Å². The topological polar surface area (TPSA) is 127 Å². The molecule has 0 unspecified atom stereocenters. The number of aliphatic imine (C=N–C) groups is 1. The number of carbonyl (C=O) groups excluding carboxylic acids is 1. The van der Waals surface area contributed by atoms with Gasteiger partial charge >= 0.3 is 0 Å². The molecule has 0 spiro atoms. The minimum atomic E-state index is -4.54. The van der Waals surface area contributed by atoms with Crippen molar-refractivity contribution in [1.29, 1.82) is 0 Å². The van der Waals surface area contributed by atoms with Crippen molar-refractivity contribution in [2.75, 3.05) is 0 Å². The zero-order valence-corrected chi connectivity index (χ0v) is 8.34. The second-order valence-corrected chi connectivity index (χ2v) is 4.01. The Morgan fingerprint density at radius 2 is 2.06 bits per heavy atom. The van der Waals surface area contributed by atoms with E-state index in [9.17, 15) is 23.3 Å². The first-order chi connectivity index (χ1) is 7.36. The second-order valence-electron chi connectivity index (χ2n) is 2.59. The number of hydrogen-bond donors (Lipinski definition) is 1. The first-order valence-electron chi connectivity index (χ1n) is 3.70. The molecule has 8 nitrogen and oxygen atoms in total. The second kappa shape index (κ2) is 4.19. The van der Waals surface area contributed by atoms with Crippen LogP contribution in [0.3, 0.4) is 0 Å². The molecule has 0 aromatic heterocycles. The van der Waals surface area contributed by atoms with E-state index in [1.165, 1.54) is 0 Å². The third-order valence-corrected chi connectivity index (χ3v) is 2.46. The van der Waals surface area contributed by atoms with E-state index in [-0.39, 0.29) is 5.69 Å². The van der Waals surface area contributed by atoms with Gasteiger partial charge in [0.05, 0.1) is 4.92 Å². The van der Waals surface area contributed by atoms with E-state index < -0.39 is 25.6 Å². The summed E-state index contributed by atoms with van der Waals surface area (Å²) in [5.41, 5.74) is -1.05. The lowest BCUT2D eigenvalue weighted by molar-refractivity contribution is -0.384. The summed E-state index contributed by atoms with van der Waals surface area (Å²) in [7, 11) is -4.54. The molecular weight excluding hydrogens is 240 g/mol. The van der Waals surface area contributed by atoms with Crippen molar-refractivity contribution in [2.45, 2.75) is 4.90 Å². The fourth-order valence-electron chi connectivity index (χ4n) is 0.954. The Morgan fingerprint density at radius 1 is 1.44 bits per heavy atom. The molecule has 1 aromatic rings. The molecule has 0 radical (unpaired) electrons. The fraction of sp³-hybridized carbons (Fsp3) is 0. The molecule has 1 rings (SSSR count). The number of nitrogens with zero attached hydrogens (tertiary/aromatic N) is 2. The van der Waals surface area contributed by atoms with Crippen molar-refractivity contribution >= 4 is 27.6 Å². The summed E-state index contributed by atoms with van der Waals surface area (Å²) in [6.45, 7) is 0. The quantitative estimate of drug-likeness (QED) is 0.275. The number of nitro groups is 1. The average molecular weight is 244 g/mol. The van der Waals surface area contributed by atoms with Gasteiger partial charge in [0.25, 0.3) is 15.8 Å². The highest BCUT2D eigenvalue weighted by atomic mass is 32.2. The van der Waals surface area contributed by atoms with Crippen LogP contribution in [-0.4, -0.2) is 24.0 Å². The molecule has 0 aliphatic heterocycles. The summed E-state index contributed by atoms with van der Waals surface area (Å²) < 4.78 is 30.1. The average Bonchev–Trinajstić information content (AvgIpc) is 2.16. The first-order valence-corrected chi connectivity index (χ1v) is 5.14. The summed E-state index contributed by atoms with van der Waals surface area (Å²) in [4.78, 5) is 21.9. The molecule has 0 saturated heterocycles. The van der Waals surface area contributed by atoms with Crippen LogP contribution in [0.1, 0.15) is 0 Å². The molecule has 0 bridgehead atoms. The van der Waals surface area contributed by atoms with E-state index in [4.69, 9.17) is 4.55 Å². The van der Waals surface area contributed by atoms with Crippen molar-refractivity contribution < 1.29 is 22.7 Å². The number of nitro benzene ring substituents is 1. The molecule has 0 saturated carbocycles. The summed E-state index contributed by atoms with van der Waals surface area (Å²) in [5.74, 6) is 0. The van der Waals surface area contributed by atoms with Gasteiger partial charge in [-0.1, -0.05) is 0 Å². The van der Waals surface area contributed by atoms with E-state index in [1.807, 2.05) is 0 Å². The number of isocyanates is 1. The number of hydrogen-bond acceptors (Lipinski definition) is 6. The van der Waals surface area contributed by atoms with E-state index >= 15 is 0 Å². The van der Waals surface area contributed by atoms with Crippen LogP contribution in [0, 0.1) is 10.1 Å². The van der Waals surface area contributed by atoms with Gasteiger partial charge in [0.15, 0.2) is 5.69 Å². The van der Waals surface area contributed by atoms with Gasteiger partial charge in [-0.3, -0.25) is 14.7 Å². The van der Waals surface area contributed by atoms with Gasteiger partial charge in [0.1, 0.15) is 4.90 Å². The van der Waals surface area contributed by atoms with Crippen LogP contribution in [0.2, 0.25) is 0 Å². The van der Waals surface area contributed by atoms with E-state index in [0.717, 1.165) is 18.2 Å². The Morgan fingerprint density at radius 3 is 2.50 bits per heavy atom. The van der Waals surface area contributed by atoms with Crippen LogP contribution >= 0.6 is 0 Å². The fourth-order valence-corrected chi connectivity index (χ4v) is 1.45. The lowest BCUT2D eigenvalue weighted by atomic mass is 10.3. The van der Waals surface area contributed by atoms with Crippen LogP contribution < -0.4 is 0 Å². The third kappa shape index (κ3) is 2.48. The highest BCUT2D eigenvalue weighted by Crippen LogP contribution is 2.29. The normalized spacial score (nSPS) is 10.6. The molecule has 9 heteroatoms. The van der Waals surface area contributed by atoms with Crippen LogP contribution in [0.5, 0.6) is 0 Å². The molecule has 84 valence electrons. The van der Waals surface area contributed by atoms with Crippen molar-refractivity contribution in [3.8, 4) is 0 Å². The summed E-state index contributed by atoms with van der Waals surface area (Å²) in [5, 5.41) is 10.5. The monoisotopic (exact) mass is 244 g/mol. The lowest BCUT2D eigenvalue weighted by Crippen LogP contribution is -1.99. The highest BCUT2D eigenvalue weighted by molar-refractivity contribution is 7.85. The maximum atomic E-state index is 10.7. The van der Waals surface area contributed by atoms with Crippen molar-refractivity contribution in [3.05, 3.63) is 28.3 Å². The number of rotatable bonds is 3. The first kappa shape index (κ1) is 12.0. The molecule has 0 aliphatic carbocycles. The van der Waals surface area contributed by atoms with Gasteiger partial charge in [-0.2, -0.15) is 13.4 Å². The largest absolute Gasteiger partial charge is 0.297 e. The molecule has 1 aromatic carbocycles. The van der Waals surface area contributed by atoms with E-state index in [1.54, 1.807) is 0 Å². The van der Waals surface area contributed by atoms with Gasteiger partial charge < -0.3 is 0 Å². The van der Waals surface area contributed by atoms with Gasteiger partial charge in [-0.05, 0) is 12.1 Å². The molecule has 0 heterocycles. The summed E-state index contributed by atoms with van der Waals surface area (Å²) >= 11 is 0. The molecule has 16 heavy (non-hydrogen) atoms. The van der Waals surface area contributed by atoms with Crippen LogP contribution in [0.25, 0.3) is 0 Å². The summed E-state index contributed by atoms with van der Waals surface area (Å²) in [6.07, 6.45) is 1.10. The molecule has 0 aliphatic rings. The van der Waals surface area contributed by atoms with Crippen LogP contribution in [0.15, 0.2) is 28.1 Å². The standard InChI is InChI=1S/C7H4N2O6S/c10-4-8-6-2-1-5(16(13,14)15)3-7(6)9(11)12/h1-3H,(H,13,14,15). The van der Waals surface area contributed by atoms with Gasteiger partial charge in [0, 0.05) is 6.07 Å². The number of benzene rings is 1.